The summed E-state index contributed by atoms with van der Waals surface area (Å²) in [4.78, 5) is 14.2. The molecule has 0 saturated heterocycles. The van der Waals surface area contributed by atoms with Crippen LogP contribution in [0.2, 0.25) is 0 Å². The largest absolute Gasteiger partial charge is 0.493 e. The lowest BCUT2D eigenvalue weighted by Gasteiger charge is -2.12. The van der Waals surface area contributed by atoms with Crippen LogP contribution in [0.1, 0.15) is 36.2 Å². The predicted molar refractivity (Wildman–Crippen MR) is 103 cm³/mol. The van der Waals surface area contributed by atoms with Gasteiger partial charge >= 0.3 is 0 Å². The highest BCUT2D eigenvalue weighted by Crippen LogP contribution is 2.41. The molecule has 2 aromatic carbocycles. The molecule has 3 nitrogen and oxygen atoms in total. The summed E-state index contributed by atoms with van der Waals surface area (Å²) in [6, 6.07) is 13.5. The molecule has 1 heterocycles. The molecule has 0 atom stereocenters. The third-order valence-electron chi connectivity index (χ3n) is 4.01. The number of ketones is 1. The van der Waals surface area contributed by atoms with Gasteiger partial charge in [-0.1, -0.05) is 43.8 Å². The molecule has 3 rings (SSSR count). The molecular weight excluding hydrogens is 332 g/mol. The lowest BCUT2D eigenvalue weighted by Crippen LogP contribution is -2.02. The number of ether oxygens (including phenoxy) is 2. The van der Waals surface area contributed by atoms with Gasteiger partial charge in [-0.05, 0) is 48.2 Å². The average molecular weight is 354 g/mol. The molecule has 2 aromatic rings. The molecule has 0 spiro atoms. The zero-order valence-corrected chi connectivity index (χ0v) is 15.6. The first-order valence-corrected chi connectivity index (χ1v) is 9.24. The standard InChI is InChI=1S/C21H22O3S/c1-14(2)10-11-24-17-9-8-15(12-18(17)23-3)13-20-21(22)16-6-4-5-7-19(16)25-20/h4-9,12-14H,10-11H2,1-3H3/b20-13+. The first-order chi connectivity index (χ1) is 12.1. The van der Waals surface area contributed by atoms with Crippen molar-refractivity contribution in [3.8, 4) is 11.5 Å². The fraction of sp³-hybridized carbons (Fsp3) is 0.286. The summed E-state index contributed by atoms with van der Waals surface area (Å²) in [5.41, 5.74) is 1.70. The number of rotatable bonds is 6. The maximum absolute atomic E-state index is 12.5. The number of hydrogen-bond donors (Lipinski definition) is 0. The molecule has 0 radical (unpaired) electrons. The average Bonchev–Trinajstić information content (AvgIpc) is 2.92. The molecule has 1 aliphatic heterocycles. The van der Waals surface area contributed by atoms with E-state index in [1.165, 1.54) is 11.8 Å². The lowest BCUT2D eigenvalue weighted by molar-refractivity contribution is 0.104. The summed E-state index contributed by atoms with van der Waals surface area (Å²) < 4.78 is 11.3. The number of benzene rings is 2. The smallest absolute Gasteiger partial charge is 0.200 e. The van der Waals surface area contributed by atoms with Crippen molar-refractivity contribution in [2.45, 2.75) is 25.2 Å². The summed E-state index contributed by atoms with van der Waals surface area (Å²) in [5, 5.41) is 0. The molecule has 1 aliphatic rings. The Kier molecular flexibility index (Phi) is 5.49. The Bertz CT molecular complexity index is 809. The number of fused-ring (bicyclic) bond motifs is 1. The Morgan fingerprint density at radius 1 is 1.12 bits per heavy atom. The zero-order valence-electron chi connectivity index (χ0n) is 14.7. The number of carbonyl (C=O) groups excluding carboxylic acids is 1. The van der Waals surface area contributed by atoms with Gasteiger partial charge < -0.3 is 9.47 Å². The van der Waals surface area contributed by atoms with E-state index in [2.05, 4.69) is 13.8 Å². The molecule has 0 saturated carbocycles. The van der Waals surface area contributed by atoms with Crippen LogP contribution < -0.4 is 9.47 Å². The monoisotopic (exact) mass is 354 g/mol. The van der Waals surface area contributed by atoms with Gasteiger partial charge in [0.1, 0.15) is 0 Å². The molecule has 0 aromatic heterocycles. The van der Waals surface area contributed by atoms with E-state index < -0.39 is 0 Å². The number of hydrogen-bond acceptors (Lipinski definition) is 4. The van der Waals surface area contributed by atoms with Crippen molar-refractivity contribution in [1.82, 2.24) is 0 Å². The minimum atomic E-state index is 0.0804. The maximum atomic E-state index is 12.5. The first kappa shape index (κ1) is 17.6. The molecule has 0 N–H and O–H groups in total. The van der Waals surface area contributed by atoms with E-state index >= 15 is 0 Å². The lowest BCUT2D eigenvalue weighted by atomic mass is 10.1. The molecule has 25 heavy (non-hydrogen) atoms. The van der Waals surface area contributed by atoms with Crippen LogP contribution in [0.3, 0.4) is 0 Å². The number of carbonyl (C=O) groups is 1. The van der Waals surface area contributed by atoms with Gasteiger partial charge in [-0.2, -0.15) is 0 Å². The third-order valence-corrected chi connectivity index (χ3v) is 5.11. The van der Waals surface area contributed by atoms with Crippen molar-refractivity contribution in [1.29, 1.82) is 0 Å². The minimum absolute atomic E-state index is 0.0804. The van der Waals surface area contributed by atoms with Gasteiger partial charge in [-0.15, -0.1) is 0 Å². The van der Waals surface area contributed by atoms with Gasteiger partial charge in [0.15, 0.2) is 11.5 Å². The fourth-order valence-electron chi connectivity index (χ4n) is 2.58. The van der Waals surface area contributed by atoms with Crippen LogP contribution >= 0.6 is 11.8 Å². The molecule has 0 aliphatic carbocycles. The van der Waals surface area contributed by atoms with Crippen LogP contribution in [0.25, 0.3) is 6.08 Å². The van der Waals surface area contributed by atoms with E-state index in [-0.39, 0.29) is 5.78 Å². The summed E-state index contributed by atoms with van der Waals surface area (Å²) in [6.07, 6.45) is 2.91. The highest BCUT2D eigenvalue weighted by atomic mass is 32.2. The second-order valence-corrected chi connectivity index (χ2v) is 7.46. The van der Waals surface area contributed by atoms with Gasteiger partial charge in [0.2, 0.25) is 5.78 Å². The number of thioether (sulfide) groups is 1. The van der Waals surface area contributed by atoms with Crippen LogP contribution in [0.4, 0.5) is 0 Å². The number of allylic oxidation sites excluding steroid dienone is 1. The summed E-state index contributed by atoms with van der Waals surface area (Å²) >= 11 is 1.51. The normalized spacial score (nSPS) is 14.9. The van der Waals surface area contributed by atoms with Crippen molar-refractivity contribution in [3.63, 3.8) is 0 Å². The van der Waals surface area contributed by atoms with Gasteiger partial charge in [0, 0.05) is 10.5 Å². The van der Waals surface area contributed by atoms with E-state index in [1.807, 2.05) is 48.5 Å². The van der Waals surface area contributed by atoms with Gasteiger partial charge in [0.25, 0.3) is 0 Å². The minimum Gasteiger partial charge on any atom is -0.493 e. The maximum Gasteiger partial charge on any atom is 0.200 e. The Morgan fingerprint density at radius 2 is 1.92 bits per heavy atom. The molecule has 0 bridgehead atoms. The first-order valence-electron chi connectivity index (χ1n) is 8.42. The Labute approximate surface area is 153 Å². The molecule has 0 unspecified atom stereocenters. The fourth-order valence-corrected chi connectivity index (χ4v) is 3.64. The van der Waals surface area contributed by atoms with Crippen molar-refractivity contribution >= 4 is 23.6 Å². The number of Topliss-reactive ketones (excluding diaryl/α,β-unsaturated/α-hetero) is 1. The quantitative estimate of drug-likeness (QED) is 0.646. The van der Waals surface area contributed by atoms with Crippen LogP contribution in [0.5, 0.6) is 11.5 Å². The van der Waals surface area contributed by atoms with E-state index in [0.29, 0.717) is 18.3 Å². The summed E-state index contributed by atoms with van der Waals surface area (Å²) in [5.74, 6) is 2.10. The second kappa shape index (κ2) is 7.79. The Morgan fingerprint density at radius 3 is 2.64 bits per heavy atom. The van der Waals surface area contributed by atoms with Crippen molar-refractivity contribution < 1.29 is 14.3 Å². The second-order valence-electron chi connectivity index (χ2n) is 6.38. The highest BCUT2D eigenvalue weighted by molar-refractivity contribution is 8.04. The van der Waals surface area contributed by atoms with Crippen LogP contribution in [-0.4, -0.2) is 19.5 Å². The Hall–Kier alpha value is -2.20. The predicted octanol–water partition coefficient (Wildman–Crippen LogP) is 5.45. The topological polar surface area (TPSA) is 35.5 Å². The van der Waals surface area contributed by atoms with E-state index in [1.54, 1.807) is 7.11 Å². The molecule has 130 valence electrons. The van der Waals surface area contributed by atoms with E-state index in [4.69, 9.17) is 9.47 Å². The Balaban J connectivity index is 1.79. The number of methoxy groups -OCH3 is 1. The van der Waals surface area contributed by atoms with Crippen molar-refractivity contribution in [2.75, 3.05) is 13.7 Å². The summed E-state index contributed by atoms with van der Waals surface area (Å²) in [6.45, 7) is 5.01. The molecule has 0 amide bonds. The summed E-state index contributed by atoms with van der Waals surface area (Å²) in [7, 11) is 1.63. The van der Waals surface area contributed by atoms with Crippen molar-refractivity contribution in [2.24, 2.45) is 5.92 Å². The van der Waals surface area contributed by atoms with E-state index in [9.17, 15) is 4.79 Å². The molecular formula is C21H22O3S. The SMILES string of the molecule is COc1cc(/C=C2/Sc3ccccc3C2=O)ccc1OCCC(C)C. The van der Waals surface area contributed by atoms with Crippen LogP contribution in [-0.2, 0) is 0 Å². The van der Waals surface area contributed by atoms with Gasteiger partial charge in [0.05, 0.1) is 18.6 Å². The highest BCUT2D eigenvalue weighted by Gasteiger charge is 2.25. The van der Waals surface area contributed by atoms with Crippen LogP contribution in [0.15, 0.2) is 52.3 Å². The zero-order chi connectivity index (χ0) is 17.8. The molecule has 4 heteroatoms. The van der Waals surface area contributed by atoms with Gasteiger partial charge in [-0.3, -0.25) is 4.79 Å². The third kappa shape index (κ3) is 4.07. The van der Waals surface area contributed by atoms with Crippen LogP contribution in [0, 0.1) is 5.92 Å². The van der Waals surface area contributed by atoms with Gasteiger partial charge in [-0.25, -0.2) is 0 Å². The van der Waals surface area contributed by atoms with Crippen molar-refractivity contribution in [3.05, 3.63) is 58.5 Å². The molecule has 0 fully saturated rings. The van der Waals surface area contributed by atoms with E-state index in [0.717, 1.165) is 33.1 Å².